The van der Waals surface area contributed by atoms with Gasteiger partial charge < -0.3 is 9.16 Å². The zero-order valence-electron chi connectivity index (χ0n) is 13.6. The van der Waals surface area contributed by atoms with Crippen LogP contribution in [0.15, 0.2) is 12.2 Å². The van der Waals surface area contributed by atoms with Gasteiger partial charge in [0.25, 0.3) is 0 Å². The second-order valence-corrected chi connectivity index (χ2v) is 11.4. The molecule has 0 heterocycles. The summed E-state index contributed by atoms with van der Waals surface area (Å²) in [6, 6.07) is 0. The third-order valence-corrected chi connectivity index (χ3v) is 8.38. The van der Waals surface area contributed by atoms with Crippen LogP contribution < -0.4 is 0 Å². The Bertz CT molecular complexity index is 316. The third-order valence-electron chi connectivity index (χ3n) is 3.84. The summed E-state index contributed by atoms with van der Waals surface area (Å²) >= 11 is 0. The second kappa shape index (κ2) is 7.24. The fourth-order valence-corrected chi connectivity index (χ4v) is 2.52. The van der Waals surface area contributed by atoms with Crippen LogP contribution in [-0.4, -0.2) is 27.5 Å². The van der Waals surface area contributed by atoms with Gasteiger partial charge in [-0.3, -0.25) is 4.79 Å². The van der Waals surface area contributed by atoms with Gasteiger partial charge in [0, 0.05) is 6.61 Å². The van der Waals surface area contributed by atoms with Crippen molar-refractivity contribution in [2.75, 3.05) is 13.2 Å². The molecule has 0 radical (unpaired) electrons. The quantitative estimate of drug-likeness (QED) is 0.400. The Hall–Kier alpha value is -0.613. The van der Waals surface area contributed by atoms with Crippen molar-refractivity contribution in [1.29, 1.82) is 0 Å². The van der Waals surface area contributed by atoms with Crippen molar-refractivity contribution in [1.82, 2.24) is 0 Å². The van der Waals surface area contributed by atoms with Gasteiger partial charge in [0.05, 0.1) is 12.5 Å². The summed E-state index contributed by atoms with van der Waals surface area (Å²) in [4.78, 5) is 11.8. The van der Waals surface area contributed by atoms with Crippen LogP contribution in [0.25, 0.3) is 0 Å². The molecule has 0 aliphatic carbocycles. The van der Waals surface area contributed by atoms with Crippen molar-refractivity contribution in [3.8, 4) is 0 Å². The van der Waals surface area contributed by atoms with E-state index in [1.165, 1.54) is 0 Å². The van der Waals surface area contributed by atoms with Gasteiger partial charge in [-0.15, -0.1) is 0 Å². The number of carbonyl (C=O) groups is 1. The number of carbonyl (C=O) groups excluding carboxylic acids is 1. The van der Waals surface area contributed by atoms with Crippen molar-refractivity contribution in [3.63, 3.8) is 0 Å². The molecule has 0 N–H and O–H groups in total. The van der Waals surface area contributed by atoms with E-state index in [0.717, 1.165) is 5.57 Å². The van der Waals surface area contributed by atoms with Crippen molar-refractivity contribution in [3.05, 3.63) is 12.2 Å². The molecule has 0 amide bonds. The predicted molar refractivity (Wildman–Crippen MR) is 82.7 cm³/mol. The Labute approximate surface area is 119 Å². The van der Waals surface area contributed by atoms with Gasteiger partial charge in [-0.05, 0) is 38.4 Å². The molecule has 19 heavy (non-hydrogen) atoms. The number of hydrogen-bond acceptors (Lipinski definition) is 3. The van der Waals surface area contributed by atoms with Gasteiger partial charge in [0.15, 0.2) is 8.32 Å². The maximum absolute atomic E-state index is 11.8. The fraction of sp³-hybridized carbons (Fsp3) is 0.800. The number of ether oxygens (including phenoxy) is 1. The SMILES string of the molecule is C=C(C)C(CCO[Si](C)(C)C(C)(C)C)C(=O)OCC. The lowest BCUT2D eigenvalue weighted by Crippen LogP contribution is -2.41. The van der Waals surface area contributed by atoms with E-state index < -0.39 is 8.32 Å². The standard InChI is InChI=1S/C15H30O3Si/c1-9-17-14(16)13(12(2)3)10-11-18-19(7,8)15(4,5)6/h13H,2,9-11H2,1,3-8H3. The van der Waals surface area contributed by atoms with Crippen LogP contribution >= 0.6 is 0 Å². The summed E-state index contributed by atoms with van der Waals surface area (Å²) < 4.78 is 11.2. The minimum Gasteiger partial charge on any atom is -0.466 e. The lowest BCUT2D eigenvalue weighted by atomic mass is 9.99. The van der Waals surface area contributed by atoms with Crippen molar-refractivity contribution >= 4 is 14.3 Å². The minimum absolute atomic E-state index is 0.186. The van der Waals surface area contributed by atoms with E-state index in [1.807, 2.05) is 13.8 Å². The number of hydrogen-bond donors (Lipinski definition) is 0. The summed E-state index contributed by atoms with van der Waals surface area (Å²) in [5.41, 5.74) is 0.845. The molecule has 0 saturated carbocycles. The summed E-state index contributed by atoms with van der Waals surface area (Å²) in [5.74, 6) is -0.432. The molecule has 0 aliphatic heterocycles. The van der Waals surface area contributed by atoms with Gasteiger partial charge in [0.2, 0.25) is 0 Å². The molecule has 0 bridgehead atoms. The zero-order valence-corrected chi connectivity index (χ0v) is 14.6. The molecule has 1 atom stereocenters. The van der Waals surface area contributed by atoms with Gasteiger partial charge in [0.1, 0.15) is 0 Å². The molecule has 0 saturated heterocycles. The molecule has 0 aromatic heterocycles. The van der Waals surface area contributed by atoms with Crippen LogP contribution in [-0.2, 0) is 14.0 Å². The summed E-state index contributed by atoms with van der Waals surface area (Å²) in [7, 11) is -1.74. The molecule has 4 heteroatoms. The Morgan fingerprint density at radius 3 is 2.21 bits per heavy atom. The van der Waals surface area contributed by atoms with Gasteiger partial charge in [-0.1, -0.05) is 32.9 Å². The first-order valence-corrected chi connectivity index (χ1v) is 9.89. The maximum Gasteiger partial charge on any atom is 0.313 e. The van der Waals surface area contributed by atoms with E-state index in [9.17, 15) is 4.79 Å². The average Bonchev–Trinajstić information content (AvgIpc) is 2.22. The Morgan fingerprint density at radius 1 is 1.32 bits per heavy atom. The van der Waals surface area contributed by atoms with Crippen LogP contribution in [0.2, 0.25) is 18.1 Å². The topological polar surface area (TPSA) is 35.5 Å². The molecule has 1 unspecified atom stereocenters. The van der Waals surface area contributed by atoms with E-state index in [4.69, 9.17) is 9.16 Å². The van der Waals surface area contributed by atoms with E-state index >= 15 is 0 Å². The smallest absolute Gasteiger partial charge is 0.313 e. The van der Waals surface area contributed by atoms with E-state index in [1.54, 1.807) is 0 Å². The van der Waals surface area contributed by atoms with Gasteiger partial charge in [-0.25, -0.2) is 0 Å². The van der Waals surface area contributed by atoms with Crippen molar-refractivity contribution < 1.29 is 14.0 Å². The lowest BCUT2D eigenvalue weighted by Gasteiger charge is -2.36. The van der Waals surface area contributed by atoms with Crippen molar-refractivity contribution in [2.24, 2.45) is 5.92 Å². The molecule has 112 valence electrons. The van der Waals surface area contributed by atoms with Gasteiger partial charge >= 0.3 is 5.97 Å². The number of rotatable bonds is 7. The third kappa shape index (κ3) is 5.91. The highest BCUT2D eigenvalue weighted by molar-refractivity contribution is 6.74. The Balaban J connectivity index is 4.44. The molecule has 0 fully saturated rings. The van der Waals surface area contributed by atoms with Crippen LogP contribution in [0, 0.1) is 5.92 Å². The highest BCUT2D eigenvalue weighted by Gasteiger charge is 2.37. The summed E-state index contributed by atoms with van der Waals surface area (Å²) in [6.07, 6.45) is 0.653. The first-order valence-electron chi connectivity index (χ1n) is 6.99. The fourth-order valence-electron chi connectivity index (χ4n) is 1.46. The van der Waals surface area contributed by atoms with Crippen molar-refractivity contribution in [2.45, 2.75) is 59.2 Å². The summed E-state index contributed by atoms with van der Waals surface area (Å²) in [6.45, 7) is 19.6. The molecular weight excluding hydrogens is 256 g/mol. The minimum atomic E-state index is -1.74. The molecule has 0 rings (SSSR count). The molecule has 0 aliphatic rings. The largest absolute Gasteiger partial charge is 0.466 e. The molecule has 0 aromatic carbocycles. The summed E-state index contributed by atoms with van der Waals surface area (Å²) in [5, 5.41) is 0.190. The number of esters is 1. The van der Waals surface area contributed by atoms with Crippen LogP contribution in [0.3, 0.4) is 0 Å². The molecule has 0 aromatic rings. The zero-order chi connectivity index (χ0) is 15.3. The van der Waals surface area contributed by atoms with Crippen LogP contribution in [0.5, 0.6) is 0 Å². The van der Waals surface area contributed by atoms with E-state index in [-0.39, 0.29) is 16.9 Å². The molecular formula is C15H30O3Si. The Morgan fingerprint density at radius 2 is 1.84 bits per heavy atom. The normalized spacial score (nSPS) is 14.1. The first kappa shape index (κ1) is 18.4. The highest BCUT2D eigenvalue weighted by atomic mass is 28.4. The second-order valence-electron chi connectivity index (χ2n) is 6.55. The van der Waals surface area contributed by atoms with Crippen LogP contribution in [0.4, 0.5) is 0 Å². The molecule has 0 spiro atoms. The lowest BCUT2D eigenvalue weighted by molar-refractivity contribution is -0.147. The predicted octanol–water partition coefficient (Wildman–Crippen LogP) is 4.15. The van der Waals surface area contributed by atoms with E-state index in [0.29, 0.717) is 19.6 Å². The van der Waals surface area contributed by atoms with Gasteiger partial charge in [-0.2, -0.15) is 0 Å². The molecule has 3 nitrogen and oxygen atoms in total. The Kier molecular flexibility index (Phi) is 7.01. The first-order chi connectivity index (χ1) is 8.53. The van der Waals surface area contributed by atoms with Crippen LogP contribution in [0.1, 0.15) is 41.0 Å². The monoisotopic (exact) mass is 286 g/mol. The average molecular weight is 286 g/mol. The van der Waals surface area contributed by atoms with E-state index in [2.05, 4.69) is 40.4 Å². The highest BCUT2D eigenvalue weighted by Crippen LogP contribution is 2.36. The maximum atomic E-state index is 11.8.